The molecule has 1 aromatic heterocycles. The van der Waals surface area contributed by atoms with E-state index in [1.54, 1.807) is 0 Å². The van der Waals surface area contributed by atoms with E-state index in [4.69, 9.17) is 10.5 Å². The lowest BCUT2D eigenvalue weighted by atomic mass is 9.89. The molecule has 0 radical (unpaired) electrons. The molecule has 3 heterocycles. The van der Waals surface area contributed by atoms with Crippen molar-refractivity contribution in [2.45, 2.75) is 23.1 Å². The van der Waals surface area contributed by atoms with Crippen molar-refractivity contribution < 1.29 is 80.4 Å². The van der Waals surface area contributed by atoms with E-state index in [2.05, 4.69) is 5.10 Å². The standard InChI is InChI=1S/C25H25N5O16/c1-46-18-16(33)14(31)13(15(32)17(18)34)30-12-10(11(27-30)19(26)35)22(38,39)6-28(20(12)36)8-2-4-9(5-3-8)29-7-23(40,41)25(44,45)24(42,43)21(29)37/h2-5,31-34,38-45H,6-7H2,1H3,(H2,26,35). The number of rotatable bonds is 5. The summed E-state index contributed by atoms with van der Waals surface area (Å²) in [6, 6.07) is 4.10. The number of phenols is 4. The highest BCUT2D eigenvalue weighted by molar-refractivity contribution is 6.10. The maximum Gasteiger partial charge on any atom is 0.306 e. The Balaban J connectivity index is 1.62. The van der Waals surface area contributed by atoms with Crippen molar-refractivity contribution >= 4 is 29.1 Å². The number of fused-ring (bicyclic) bond motifs is 1. The number of amides is 3. The number of piperidine rings is 1. The highest BCUT2D eigenvalue weighted by atomic mass is 16.7. The minimum Gasteiger partial charge on any atom is -0.503 e. The van der Waals surface area contributed by atoms with Crippen molar-refractivity contribution in [3.05, 3.63) is 41.2 Å². The van der Waals surface area contributed by atoms with Crippen LogP contribution in [0.15, 0.2) is 24.3 Å². The average molecular weight is 651 g/mol. The first-order valence-electron chi connectivity index (χ1n) is 12.6. The SMILES string of the molecule is COc1c(O)c(O)c(-n2nc(C(N)=O)c3c2C(=O)N(c2ccc(N4CC(O)(O)C(O)(O)C(O)(O)C4=O)cc2)CC3(O)O)c(O)c1O. The van der Waals surface area contributed by atoms with Gasteiger partial charge in [-0.1, -0.05) is 0 Å². The molecule has 0 saturated carbocycles. The van der Waals surface area contributed by atoms with E-state index in [9.17, 15) is 75.7 Å². The van der Waals surface area contributed by atoms with Crippen LogP contribution in [0.2, 0.25) is 0 Å². The number of ether oxygens (including phenoxy) is 1. The van der Waals surface area contributed by atoms with Crippen LogP contribution in [0.4, 0.5) is 11.4 Å². The van der Waals surface area contributed by atoms with Gasteiger partial charge in [0.1, 0.15) is 5.69 Å². The number of nitrogens with zero attached hydrogens (tertiary/aromatic N) is 4. The van der Waals surface area contributed by atoms with E-state index in [1.807, 2.05) is 0 Å². The molecule has 21 nitrogen and oxygen atoms in total. The molecule has 2 aliphatic heterocycles. The summed E-state index contributed by atoms with van der Waals surface area (Å²) >= 11 is 0. The first-order valence-corrected chi connectivity index (χ1v) is 12.6. The minimum atomic E-state index is -4.11. The molecular formula is C25H25N5O16. The third-order valence-corrected chi connectivity index (χ3v) is 7.53. The van der Waals surface area contributed by atoms with Crippen molar-refractivity contribution in [3.63, 3.8) is 0 Å². The molecule has 0 atom stereocenters. The Labute approximate surface area is 254 Å². The van der Waals surface area contributed by atoms with Crippen LogP contribution < -0.4 is 20.3 Å². The number of aliphatic hydroxyl groups is 8. The fourth-order valence-electron chi connectivity index (χ4n) is 5.13. The van der Waals surface area contributed by atoms with Crippen molar-refractivity contribution in [3.8, 4) is 34.4 Å². The van der Waals surface area contributed by atoms with Crippen molar-refractivity contribution in [2.24, 2.45) is 5.73 Å². The number of hydrogen-bond acceptors (Lipinski definition) is 17. The lowest BCUT2D eigenvalue weighted by Crippen LogP contribution is -2.80. The Bertz CT molecular complexity index is 1780. The number of hydrogen-bond donors (Lipinski definition) is 13. The van der Waals surface area contributed by atoms with Crippen LogP contribution in [0.1, 0.15) is 26.5 Å². The third kappa shape index (κ3) is 4.19. The van der Waals surface area contributed by atoms with Crippen molar-refractivity contribution in [1.29, 1.82) is 0 Å². The van der Waals surface area contributed by atoms with Gasteiger partial charge >= 0.3 is 5.79 Å². The number of carbonyl (C=O) groups is 3. The van der Waals surface area contributed by atoms with Gasteiger partial charge in [-0.2, -0.15) is 5.10 Å². The molecule has 21 heteroatoms. The second kappa shape index (κ2) is 9.87. The van der Waals surface area contributed by atoms with E-state index < -0.39 is 105 Å². The summed E-state index contributed by atoms with van der Waals surface area (Å²) in [5, 5.41) is 127. The van der Waals surface area contributed by atoms with Gasteiger partial charge < -0.3 is 81.5 Å². The van der Waals surface area contributed by atoms with Gasteiger partial charge in [-0.25, -0.2) is 4.68 Å². The average Bonchev–Trinajstić information content (AvgIpc) is 3.39. The Kier molecular flexibility index (Phi) is 6.90. The molecule has 246 valence electrons. The third-order valence-electron chi connectivity index (χ3n) is 7.53. The Morgan fingerprint density at radius 1 is 0.826 bits per heavy atom. The van der Waals surface area contributed by atoms with E-state index in [-0.39, 0.29) is 11.4 Å². The minimum absolute atomic E-state index is 0.198. The molecule has 3 aromatic rings. The summed E-state index contributed by atoms with van der Waals surface area (Å²) in [5.41, 5.74) is 1.10. The first kappa shape index (κ1) is 32.1. The zero-order chi connectivity index (χ0) is 34.5. The zero-order valence-electron chi connectivity index (χ0n) is 23.1. The largest absolute Gasteiger partial charge is 0.503 e. The molecule has 0 bridgehead atoms. The molecule has 0 spiro atoms. The molecule has 46 heavy (non-hydrogen) atoms. The normalized spacial score (nSPS) is 19.6. The Morgan fingerprint density at radius 3 is 1.80 bits per heavy atom. The number of carbonyl (C=O) groups excluding carboxylic acids is 3. The summed E-state index contributed by atoms with van der Waals surface area (Å²) < 4.78 is 5.04. The summed E-state index contributed by atoms with van der Waals surface area (Å²) in [4.78, 5) is 39.7. The molecule has 14 N–H and O–H groups in total. The van der Waals surface area contributed by atoms with Gasteiger partial charge in [-0.05, 0) is 24.3 Å². The summed E-state index contributed by atoms with van der Waals surface area (Å²) in [7, 11) is 0.967. The number of β-amino-alcohol motifs (C(OH)–C–C–N with tert-alkyl or cyclic N) is 4. The predicted molar refractivity (Wildman–Crippen MR) is 143 cm³/mol. The van der Waals surface area contributed by atoms with Crippen LogP contribution in [-0.2, 0) is 10.6 Å². The maximum atomic E-state index is 13.9. The van der Waals surface area contributed by atoms with Crippen LogP contribution in [0.5, 0.6) is 28.7 Å². The van der Waals surface area contributed by atoms with Gasteiger partial charge in [-0.3, -0.25) is 14.4 Å². The topological polar surface area (TPSA) is 354 Å². The Hall–Kier alpha value is -5.26. The second-order valence-electron chi connectivity index (χ2n) is 10.4. The van der Waals surface area contributed by atoms with Crippen LogP contribution in [0, 0.1) is 0 Å². The molecule has 5 rings (SSSR count). The fraction of sp³-hybridized carbons (Fsp3) is 0.280. The number of anilines is 2. The van der Waals surface area contributed by atoms with Gasteiger partial charge in [0.15, 0.2) is 22.9 Å². The molecule has 1 fully saturated rings. The summed E-state index contributed by atoms with van der Waals surface area (Å²) in [6.45, 7) is -2.30. The van der Waals surface area contributed by atoms with Gasteiger partial charge in [-0.15, -0.1) is 0 Å². The monoisotopic (exact) mass is 651 g/mol. The number of benzene rings is 2. The lowest BCUT2D eigenvalue weighted by molar-refractivity contribution is -0.440. The molecule has 1 saturated heterocycles. The number of phenolic OH excluding ortho intramolecular Hbond substituents is 4. The van der Waals surface area contributed by atoms with E-state index >= 15 is 0 Å². The molecular weight excluding hydrogens is 626 g/mol. The fourth-order valence-corrected chi connectivity index (χ4v) is 5.13. The number of methoxy groups -OCH3 is 1. The highest BCUT2D eigenvalue weighted by Gasteiger charge is 2.70. The van der Waals surface area contributed by atoms with Crippen LogP contribution in [0.3, 0.4) is 0 Å². The molecule has 2 aliphatic rings. The maximum absolute atomic E-state index is 13.9. The van der Waals surface area contributed by atoms with Gasteiger partial charge in [0.25, 0.3) is 23.5 Å². The van der Waals surface area contributed by atoms with E-state index in [1.165, 1.54) is 0 Å². The number of aromatic hydroxyl groups is 4. The molecule has 0 unspecified atom stereocenters. The van der Waals surface area contributed by atoms with Crippen LogP contribution in [-0.4, -0.2) is 126 Å². The first-order chi connectivity index (χ1) is 21.1. The quantitative estimate of drug-likeness (QED) is 0.0697. The van der Waals surface area contributed by atoms with Gasteiger partial charge in [0.2, 0.25) is 28.8 Å². The molecule has 0 aliphatic carbocycles. The molecule has 3 amide bonds. The van der Waals surface area contributed by atoms with Gasteiger partial charge in [0, 0.05) is 11.4 Å². The van der Waals surface area contributed by atoms with Crippen molar-refractivity contribution in [1.82, 2.24) is 9.78 Å². The number of nitrogens with two attached hydrogens (primary N) is 1. The Morgan fingerprint density at radius 2 is 1.33 bits per heavy atom. The number of primary amides is 1. The number of aromatic nitrogens is 2. The summed E-state index contributed by atoms with van der Waals surface area (Å²) in [5.74, 6) is -25.0. The molecule has 2 aromatic carbocycles. The van der Waals surface area contributed by atoms with Crippen LogP contribution in [0.25, 0.3) is 5.69 Å². The predicted octanol–water partition coefficient (Wildman–Crippen LogP) is -5.01. The highest BCUT2D eigenvalue weighted by Crippen LogP contribution is 2.53. The lowest BCUT2D eigenvalue weighted by Gasteiger charge is -2.49. The summed E-state index contributed by atoms with van der Waals surface area (Å²) in [6.07, 6.45) is 0. The van der Waals surface area contributed by atoms with E-state index in [0.29, 0.717) is 14.5 Å². The second-order valence-corrected chi connectivity index (χ2v) is 10.4. The smallest absolute Gasteiger partial charge is 0.306 e. The zero-order valence-corrected chi connectivity index (χ0v) is 23.1. The van der Waals surface area contributed by atoms with E-state index in [0.717, 1.165) is 31.4 Å². The van der Waals surface area contributed by atoms with Gasteiger partial charge in [0.05, 0.1) is 25.8 Å². The van der Waals surface area contributed by atoms with Crippen molar-refractivity contribution in [2.75, 3.05) is 30.0 Å². The van der Waals surface area contributed by atoms with Crippen LogP contribution >= 0.6 is 0 Å².